The van der Waals surface area contributed by atoms with Gasteiger partial charge in [-0.05, 0) is 73.1 Å². The fourth-order valence-corrected chi connectivity index (χ4v) is 7.02. The lowest BCUT2D eigenvalue weighted by Gasteiger charge is -2.64. The second kappa shape index (κ2) is 11.0. The fraction of sp³-hybridized carbons (Fsp3) is 0.567. The average molecular weight is 557 g/mol. The zero-order chi connectivity index (χ0) is 28.7. The number of carbonyl (C=O) groups excluding carboxylic acids is 1. The number of hydrogen-bond acceptors (Lipinski definition) is 5. The van der Waals surface area contributed by atoms with Gasteiger partial charge in [-0.25, -0.2) is 0 Å². The van der Waals surface area contributed by atoms with Crippen molar-refractivity contribution in [2.45, 2.75) is 76.3 Å². The summed E-state index contributed by atoms with van der Waals surface area (Å²) in [7, 11) is 1.06. The van der Waals surface area contributed by atoms with Crippen LogP contribution in [0.5, 0.6) is 0 Å². The third-order valence-corrected chi connectivity index (χ3v) is 9.44. The molecule has 3 aliphatic carbocycles. The van der Waals surface area contributed by atoms with Crippen molar-refractivity contribution >= 4 is 18.7 Å². The number of carbonyl (C=O) groups is 1. The second-order valence-electron chi connectivity index (χ2n) is 12.3. The van der Waals surface area contributed by atoms with E-state index in [2.05, 4.69) is 36.7 Å². The number of nitrogens with one attached hydrogen (secondary N) is 3. The second-order valence-corrected chi connectivity index (χ2v) is 12.3. The van der Waals surface area contributed by atoms with E-state index in [1.54, 1.807) is 13.1 Å². The number of halogens is 3. The molecule has 0 radical (unpaired) electrons. The van der Waals surface area contributed by atoms with E-state index in [-0.39, 0.29) is 17.9 Å². The van der Waals surface area contributed by atoms with Gasteiger partial charge in [0.2, 0.25) is 5.91 Å². The highest BCUT2D eigenvalue weighted by Crippen LogP contribution is 2.65. The monoisotopic (exact) mass is 557 g/mol. The molecule has 3 saturated carbocycles. The first-order valence-corrected chi connectivity index (χ1v) is 14.1. The van der Waals surface area contributed by atoms with Crippen LogP contribution in [0.3, 0.4) is 0 Å². The maximum atomic E-state index is 13.7. The van der Waals surface area contributed by atoms with Crippen molar-refractivity contribution in [3.63, 3.8) is 0 Å². The Morgan fingerprint density at radius 2 is 1.77 bits per heavy atom. The van der Waals surface area contributed by atoms with E-state index in [9.17, 15) is 18.0 Å². The van der Waals surface area contributed by atoms with Gasteiger partial charge >= 0.3 is 13.3 Å². The Morgan fingerprint density at radius 1 is 1.05 bits per heavy atom. The van der Waals surface area contributed by atoms with Crippen molar-refractivity contribution < 1.29 is 27.3 Å². The van der Waals surface area contributed by atoms with Crippen LogP contribution < -0.4 is 16.0 Å². The smallest absolute Gasteiger partial charge is 0.404 e. The lowest BCUT2D eigenvalue weighted by molar-refractivity contribution is -0.199. The summed E-state index contributed by atoms with van der Waals surface area (Å²) in [5.41, 5.74) is 2.24. The Labute approximate surface area is 234 Å². The Morgan fingerprint density at radius 3 is 2.45 bits per heavy atom. The molecule has 3 N–H and O–H groups in total. The van der Waals surface area contributed by atoms with E-state index in [0.29, 0.717) is 18.3 Å². The number of rotatable bonds is 10. The molecule has 0 aromatic heterocycles. The van der Waals surface area contributed by atoms with Gasteiger partial charge in [0.05, 0.1) is 30.2 Å². The number of anilines is 1. The van der Waals surface area contributed by atoms with Gasteiger partial charge in [-0.15, -0.1) is 0 Å². The van der Waals surface area contributed by atoms with Crippen LogP contribution in [0, 0.1) is 17.3 Å². The fourth-order valence-electron chi connectivity index (χ4n) is 7.02. The number of amides is 1. The number of benzene rings is 2. The molecule has 1 saturated heterocycles. The summed E-state index contributed by atoms with van der Waals surface area (Å²) < 4.78 is 52.8. The molecule has 6 nitrogen and oxygen atoms in total. The quantitative estimate of drug-likeness (QED) is 0.367. The molecule has 4 fully saturated rings. The molecule has 10 heteroatoms. The van der Waals surface area contributed by atoms with Gasteiger partial charge < -0.3 is 19.9 Å². The van der Waals surface area contributed by atoms with Gasteiger partial charge in [-0.2, -0.15) is 13.2 Å². The van der Waals surface area contributed by atoms with Crippen LogP contribution in [-0.2, 0) is 26.9 Å². The average Bonchev–Trinajstić information content (AvgIpc) is 3.28. The molecule has 2 bridgehead atoms. The molecular weight excluding hydrogens is 518 g/mol. The highest BCUT2D eigenvalue weighted by Gasteiger charge is 2.68. The summed E-state index contributed by atoms with van der Waals surface area (Å²) in [5, 5.41) is 8.51. The van der Waals surface area contributed by atoms with Crippen molar-refractivity contribution in [3.8, 4) is 0 Å². The number of hydrogen-bond donors (Lipinski definition) is 3. The largest absolute Gasteiger partial charge is 0.482 e. The van der Waals surface area contributed by atoms with Crippen molar-refractivity contribution in [2.75, 3.05) is 18.9 Å². The van der Waals surface area contributed by atoms with E-state index in [4.69, 9.17) is 9.31 Å². The molecular formula is C30H39BF3N3O3. The normalized spacial score (nSPS) is 28.3. The van der Waals surface area contributed by atoms with Gasteiger partial charge in [0.25, 0.3) is 0 Å². The Balaban J connectivity index is 1.37. The maximum Gasteiger partial charge on any atom is 0.482 e. The maximum absolute atomic E-state index is 13.7. The van der Waals surface area contributed by atoms with Crippen molar-refractivity contribution in [1.82, 2.24) is 10.6 Å². The molecule has 1 aliphatic heterocycles. The Hall–Kier alpha value is -2.56. The highest BCUT2D eigenvalue weighted by molar-refractivity contribution is 6.48. The van der Waals surface area contributed by atoms with Gasteiger partial charge in [-0.3, -0.25) is 10.1 Å². The van der Waals surface area contributed by atoms with Crippen molar-refractivity contribution in [2.24, 2.45) is 17.3 Å². The van der Waals surface area contributed by atoms with E-state index in [1.165, 1.54) is 0 Å². The summed E-state index contributed by atoms with van der Waals surface area (Å²) in [6.45, 7) is 5.42. The summed E-state index contributed by atoms with van der Waals surface area (Å²) >= 11 is 0. The predicted octanol–water partition coefficient (Wildman–Crippen LogP) is 4.79. The summed E-state index contributed by atoms with van der Waals surface area (Å²) in [6, 6.07) is 15.9. The molecule has 1 heterocycles. The summed E-state index contributed by atoms with van der Waals surface area (Å²) in [5.74, 6) is -0.166. The van der Waals surface area contributed by atoms with E-state index in [1.807, 2.05) is 48.5 Å². The molecule has 0 unspecified atom stereocenters. The van der Waals surface area contributed by atoms with Crippen LogP contribution in [0.2, 0.25) is 0 Å². The lowest BCUT2D eigenvalue weighted by atomic mass is 9.43. The standard InChI is InChI=1S/C30H39BF3N3O3/c1-28(2)21-16-24(28)29(3)25(17-21)39-31(40-29)26(15-19-9-6-5-7-10-19)37-27(38)23(36-18-30(32,33)34)14-20-11-8-12-22(13-20)35-4/h5-13,21,23-26,35-36H,14-18H2,1-4H3,(H,37,38)/t21-,23+,24-,25+,26-,29-/m0/s1. The predicted molar refractivity (Wildman–Crippen MR) is 150 cm³/mol. The molecule has 6 atom stereocenters. The molecule has 0 spiro atoms. The van der Waals surface area contributed by atoms with Crippen LogP contribution in [0.4, 0.5) is 18.9 Å². The summed E-state index contributed by atoms with van der Waals surface area (Å²) in [6.07, 6.45) is -2.00. The molecule has 1 amide bonds. The van der Waals surface area contributed by atoms with E-state index >= 15 is 0 Å². The zero-order valence-electron chi connectivity index (χ0n) is 23.6. The molecule has 40 heavy (non-hydrogen) atoms. The van der Waals surface area contributed by atoms with E-state index < -0.39 is 43.3 Å². The third-order valence-electron chi connectivity index (χ3n) is 9.44. The molecule has 216 valence electrons. The van der Waals surface area contributed by atoms with E-state index in [0.717, 1.165) is 29.7 Å². The molecule has 4 aliphatic rings. The molecule has 2 aromatic rings. The minimum atomic E-state index is -4.45. The highest BCUT2D eigenvalue weighted by atomic mass is 19.4. The van der Waals surface area contributed by atoms with Gasteiger partial charge in [0, 0.05) is 12.7 Å². The summed E-state index contributed by atoms with van der Waals surface area (Å²) in [4.78, 5) is 13.7. The van der Waals surface area contributed by atoms with Crippen LogP contribution in [-0.4, -0.2) is 56.5 Å². The first kappa shape index (κ1) is 29.0. The Bertz CT molecular complexity index is 1200. The van der Waals surface area contributed by atoms with Gasteiger partial charge in [0.1, 0.15) is 0 Å². The van der Waals surface area contributed by atoms with Crippen LogP contribution in [0.1, 0.15) is 44.7 Å². The molecule has 6 rings (SSSR count). The van der Waals surface area contributed by atoms with Crippen LogP contribution >= 0.6 is 0 Å². The number of alkyl halides is 3. The van der Waals surface area contributed by atoms with Crippen molar-refractivity contribution in [1.29, 1.82) is 0 Å². The first-order valence-electron chi connectivity index (χ1n) is 14.1. The van der Waals surface area contributed by atoms with Crippen molar-refractivity contribution in [3.05, 3.63) is 65.7 Å². The van der Waals surface area contributed by atoms with Gasteiger partial charge in [0.15, 0.2) is 0 Å². The van der Waals surface area contributed by atoms with Gasteiger partial charge in [-0.1, -0.05) is 56.3 Å². The third kappa shape index (κ3) is 5.90. The SMILES string of the molecule is CNc1cccc(C[C@@H](NCC(F)(F)F)C(=O)N[C@@H](Cc2ccccc2)B2O[C@@H]3C[C@@H]4C[C@@H](C4(C)C)[C@]3(C)O2)c1. The minimum absolute atomic E-state index is 0.0760. The zero-order valence-corrected chi connectivity index (χ0v) is 23.6. The topological polar surface area (TPSA) is 71.6 Å². The van der Waals surface area contributed by atoms with Crippen LogP contribution in [0.25, 0.3) is 0 Å². The molecule has 2 aromatic carbocycles. The van der Waals surface area contributed by atoms with Crippen LogP contribution in [0.15, 0.2) is 54.6 Å². The Kier molecular flexibility index (Phi) is 7.98. The lowest BCUT2D eigenvalue weighted by Crippen LogP contribution is -2.65. The first-order chi connectivity index (χ1) is 18.9. The minimum Gasteiger partial charge on any atom is -0.404 e.